The van der Waals surface area contributed by atoms with E-state index in [1.165, 1.54) is 11.0 Å². The average Bonchev–Trinajstić information content (AvgIpc) is 3.65. The molecule has 11 heteroatoms. The van der Waals surface area contributed by atoms with Gasteiger partial charge in [-0.25, -0.2) is 0 Å². The molecule has 0 saturated carbocycles. The third-order valence-electron chi connectivity index (χ3n) is 8.50. The third kappa shape index (κ3) is 4.73. The van der Waals surface area contributed by atoms with Crippen LogP contribution in [0.15, 0.2) is 73.3 Å². The number of anilines is 1. The van der Waals surface area contributed by atoms with Gasteiger partial charge in [0.15, 0.2) is 0 Å². The summed E-state index contributed by atoms with van der Waals surface area (Å²) in [4.78, 5) is 15.2. The molecule has 4 heterocycles. The second-order valence-electron chi connectivity index (χ2n) is 11.3. The molecule has 2 aromatic heterocycles. The van der Waals surface area contributed by atoms with Crippen molar-refractivity contribution in [1.29, 1.82) is 0 Å². The summed E-state index contributed by atoms with van der Waals surface area (Å²) in [6.45, 7) is 0.966. The Bertz CT molecular complexity index is 1870. The van der Waals surface area contributed by atoms with E-state index >= 15 is 0 Å². The first-order valence-corrected chi connectivity index (χ1v) is 13.8. The first kappa shape index (κ1) is 27.2. The first-order chi connectivity index (χ1) is 20.6. The van der Waals surface area contributed by atoms with Crippen molar-refractivity contribution in [1.82, 2.24) is 19.3 Å². The van der Waals surface area contributed by atoms with E-state index in [0.717, 1.165) is 22.2 Å². The van der Waals surface area contributed by atoms with Gasteiger partial charge >= 0.3 is 6.18 Å². The Kier molecular flexibility index (Phi) is 6.31. The summed E-state index contributed by atoms with van der Waals surface area (Å²) < 4.78 is 57.7. The summed E-state index contributed by atoms with van der Waals surface area (Å²) in [6, 6.07) is 15.8. The van der Waals surface area contributed by atoms with Gasteiger partial charge in [-0.3, -0.25) is 4.79 Å². The molecule has 0 radical (unpaired) electrons. The number of rotatable bonds is 7. The average molecular weight is 588 g/mol. The molecule has 0 bridgehead atoms. The molecule has 220 valence electrons. The number of halogens is 3. The largest absolute Gasteiger partial charge is 0.497 e. The summed E-state index contributed by atoms with van der Waals surface area (Å²) in [7, 11) is 3.46. The van der Waals surface area contributed by atoms with E-state index in [1.54, 1.807) is 25.6 Å². The lowest BCUT2D eigenvalue weighted by Gasteiger charge is -2.42. The van der Waals surface area contributed by atoms with E-state index < -0.39 is 17.6 Å². The van der Waals surface area contributed by atoms with Gasteiger partial charge in [0.1, 0.15) is 17.9 Å². The fraction of sp³-hybridized carbons (Fsp3) is 0.281. The van der Waals surface area contributed by atoms with Crippen molar-refractivity contribution >= 4 is 22.4 Å². The van der Waals surface area contributed by atoms with Gasteiger partial charge in [0.25, 0.3) is 5.91 Å². The molecule has 0 atom stereocenters. The molecule has 3 aromatic carbocycles. The number of carbonyl (C=O) groups is 1. The summed E-state index contributed by atoms with van der Waals surface area (Å²) in [5, 5.41) is 10.0. The number of carbonyl (C=O) groups excluding carboxylic acids is 1. The summed E-state index contributed by atoms with van der Waals surface area (Å²) in [5.74, 6) is 1.05. The van der Waals surface area contributed by atoms with Gasteiger partial charge in [-0.15, -0.1) is 10.2 Å². The molecule has 2 aliphatic rings. The number of hydrogen-bond donors (Lipinski definition) is 0. The number of ether oxygens (including phenoxy) is 2. The first-order valence-electron chi connectivity index (χ1n) is 13.8. The van der Waals surface area contributed by atoms with E-state index in [9.17, 15) is 18.0 Å². The van der Waals surface area contributed by atoms with Crippen LogP contribution in [-0.2, 0) is 42.9 Å². The quantitative estimate of drug-likeness (QED) is 0.251. The predicted octanol–water partition coefficient (Wildman–Crippen LogP) is 5.52. The zero-order valence-electron chi connectivity index (χ0n) is 23.6. The highest BCUT2D eigenvalue weighted by Gasteiger charge is 2.43. The summed E-state index contributed by atoms with van der Waals surface area (Å²) in [5.41, 5.74) is 0.817. The number of alkyl halides is 3. The van der Waals surface area contributed by atoms with Gasteiger partial charge in [-0.1, -0.05) is 12.1 Å². The molecule has 1 amide bonds. The number of benzene rings is 3. The molecule has 1 saturated heterocycles. The molecule has 0 N–H and O–H groups in total. The fourth-order valence-electron chi connectivity index (χ4n) is 6.12. The number of hydrogen-bond acceptors (Lipinski definition) is 5. The molecule has 7 rings (SSSR count). The lowest BCUT2D eigenvalue weighted by molar-refractivity contribution is -0.138. The predicted molar refractivity (Wildman–Crippen MR) is 153 cm³/mol. The monoisotopic (exact) mass is 587 g/mol. The minimum Gasteiger partial charge on any atom is -0.497 e. The number of aromatic nitrogens is 4. The van der Waals surface area contributed by atoms with Crippen molar-refractivity contribution in [2.75, 3.05) is 25.2 Å². The van der Waals surface area contributed by atoms with Gasteiger partial charge in [0.2, 0.25) is 0 Å². The fourth-order valence-corrected chi connectivity index (χ4v) is 6.12. The standard InChI is InChI=1S/C32H28F3N5O3/c1-38-19-36-37-29(38)12-31(17-43-18-31)23-4-3-5-24(11-23)40-16-27-26(30(40)41)8-20(9-28(27)32(33,34)35)13-39-14-21-6-7-25(42-2)10-22(21)15-39/h3-11,14-15,19H,12-13,16-18H2,1-2H3. The molecule has 0 unspecified atom stereocenters. The van der Waals surface area contributed by atoms with Gasteiger partial charge < -0.3 is 23.5 Å². The second-order valence-corrected chi connectivity index (χ2v) is 11.3. The molecule has 2 aliphatic heterocycles. The molecule has 0 spiro atoms. The van der Waals surface area contributed by atoms with Crippen molar-refractivity contribution in [3.05, 3.63) is 107 Å². The minimum absolute atomic E-state index is 0.00479. The second kappa shape index (κ2) is 9.98. The Labute approximate surface area is 245 Å². The number of aryl methyl sites for hydroxylation is 1. The van der Waals surface area contributed by atoms with Gasteiger partial charge in [0.05, 0.1) is 32.4 Å². The summed E-state index contributed by atoms with van der Waals surface area (Å²) in [6.07, 6.45) is 1.34. The van der Waals surface area contributed by atoms with Crippen LogP contribution in [0.5, 0.6) is 5.75 Å². The zero-order chi connectivity index (χ0) is 29.9. The van der Waals surface area contributed by atoms with Gasteiger partial charge in [-0.05, 0) is 64.5 Å². The van der Waals surface area contributed by atoms with Crippen LogP contribution in [0.1, 0.15) is 38.4 Å². The summed E-state index contributed by atoms with van der Waals surface area (Å²) >= 11 is 0. The number of nitrogens with zero attached hydrogens (tertiary/aromatic N) is 5. The highest BCUT2D eigenvalue weighted by atomic mass is 19.4. The maximum absolute atomic E-state index is 14.4. The van der Waals surface area contributed by atoms with Crippen LogP contribution >= 0.6 is 0 Å². The number of fused-ring (bicyclic) bond motifs is 2. The molecule has 1 fully saturated rings. The smallest absolute Gasteiger partial charge is 0.416 e. The minimum atomic E-state index is -4.61. The Hall–Kier alpha value is -4.64. The van der Waals surface area contributed by atoms with E-state index in [1.807, 2.05) is 65.0 Å². The third-order valence-corrected chi connectivity index (χ3v) is 8.50. The van der Waals surface area contributed by atoms with E-state index in [-0.39, 0.29) is 29.6 Å². The lowest BCUT2D eigenvalue weighted by Crippen LogP contribution is -2.49. The van der Waals surface area contributed by atoms with Crippen LogP contribution < -0.4 is 9.64 Å². The van der Waals surface area contributed by atoms with Crippen molar-refractivity contribution in [2.45, 2.75) is 31.1 Å². The molecule has 0 aliphatic carbocycles. The number of methoxy groups -OCH3 is 1. The Morgan fingerprint density at radius 1 is 1.05 bits per heavy atom. The van der Waals surface area contributed by atoms with Crippen molar-refractivity contribution in [3.8, 4) is 5.75 Å². The molecular weight excluding hydrogens is 559 g/mol. The maximum Gasteiger partial charge on any atom is 0.416 e. The highest BCUT2D eigenvalue weighted by Crippen LogP contribution is 2.42. The van der Waals surface area contributed by atoms with Crippen LogP contribution in [0.25, 0.3) is 10.8 Å². The molecular formula is C32H28F3N5O3. The molecule has 8 nitrogen and oxygen atoms in total. The van der Waals surface area contributed by atoms with Crippen LogP contribution in [0.2, 0.25) is 0 Å². The van der Waals surface area contributed by atoms with E-state index in [2.05, 4.69) is 10.2 Å². The number of amides is 1. The van der Waals surface area contributed by atoms with Crippen molar-refractivity contribution < 1.29 is 27.4 Å². The normalized spacial score (nSPS) is 16.0. The topological polar surface area (TPSA) is 74.4 Å². The Balaban J connectivity index is 1.21. The van der Waals surface area contributed by atoms with Crippen molar-refractivity contribution in [3.63, 3.8) is 0 Å². The highest BCUT2D eigenvalue weighted by molar-refractivity contribution is 6.10. The van der Waals surface area contributed by atoms with E-state index in [4.69, 9.17) is 9.47 Å². The SMILES string of the molecule is COc1ccc2cn(Cc3cc4c(c(C(F)(F)F)c3)CN(c3cccc(C5(Cc6nncn6C)COC5)c3)C4=O)cc2c1. The van der Waals surface area contributed by atoms with Crippen LogP contribution in [0.3, 0.4) is 0 Å². The molecule has 43 heavy (non-hydrogen) atoms. The van der Waals surface area contributed by atoms with Crippen molar-refractivity contribution in [2.24, 2.45) is 7.05 Å². The maximum atomic E-state index is 14.4. The van der Waals surface area contributed by atoms with Crippen LogP contribution in [-0.4, -0.2) is 45.6 Å². The lowest BCUT2D eigenvalue weighted by atomic mass is 9.75. The molecule has 5 aromatic rings. The Morgan fingerprint density at radius 3 is 2.56 bits per heavy atom. The van der Waals surface area contributed by atoms with Crippen LogP contribution in [0, 0.1) is 0 Å². The van der Waals surface area contributed by atoms with Gasteiger partial charge in [-0.2, -0.15) is 13.2 Å². The van der Waals surface area contributed by atoms with Gasteiger partial charge in [0, 0.05) is 54.5 Å². The van der Waals surface area contributed by atoms with Crippen LogP contribution in [0.4, 0.5) is 18.9 Å². The Morgan fingerprint density at radius 2 is 1.86 bits per heavy atom. The zero-order valence-corrected chi connectivity index (χ0v) is 23.6. The van der Waals surface area contributed by atoms with E-state index in [0.29, 0.717) is 36.6 Å².